The zero-order chi connectivity index (χ0) is 31.6. The average Bonchev–Trinajstić information content (AvgIpc) is 2.96. The number of hydrogen-bond acceptors (Lipinski definition) is 5. The molecule has 0 heterocycles. The van der Waals surface area contributed by atoms with Crippen molar-refractivity contribution in [2.24, 2.45) is 0 Å². The number of methoxy groups -OCH3 is 1. The van der Waals surface area contributed by atoms with Gasteiger partial charge in [0, 0.05) is 32.0 Å². The van der Waals surface area contributed by atoms with Gasteiger partial charge < -0.3 is 15.0 Å². The third-order valence-electron chi connectivity index (χ3n) is 7.28. The summed E-state index contributed by atoms with van der Waals surface area (Å²) < 4.78 is 31.9. The molecule has 43 heavy (non-hydrogen) atoms. The van der Waals surface area contributed by atoms with Crippen molar-refractivity contribution in [1.29, 1.82) is 0 Å². The molecular weight excluding hydrogens is 586 g/mol. The SMILES string of the molecule is CC[C@H](C)NC(=O)[C@H](Cc1ccccc1)N(Cc1cccc(C)c1)C(=O)CCCN(c1ccc(OC)c(Cl)c1)S(C)(=O)=O. The summed E-state index contributed by atoms with van der Waals surface area (Å²) >= 11 is 6.27. The van der Waals surface area contributed by atoms with Crippen molar-refractivity contribution in [3.63, 3.8) is 0 Å². The van der Waals surface area contributed by atoms with E-state index in [2.05, 4.69) is 5.32 Å². The van der Waals surface area contributed by atoms with Gasteiger partial charge in [0.05, 0.1) is 24.1 Å². The smallest absolute Gasteiger partial charge is 0.243 e. The number of anilines is 1. The quantitative estimate of drug-likeness (QED) is 0.231. The molecule has 0 fully saturated rings. The van der Waals surface area contributed by atoms with Crippen LogP contribution in [0.2, 0.25) is 5.02 Å². The number of halogens is 1. The van der Waals surface area contributed by atoms with Gasteiger partial charge in [0.25, 0.3) is 0 Å². The molecule has 0 aliphatic heterocycles. The van der Waals surface area contributed by atoms with E-state index in [9.17, 15) is 18.0 Å². The van der Waals surface area contributed by atoms with Gasteiger partial charge in [-0.05, 0) is 56.0 Å². The van der Waals surface area contributed by atoms with Crippen LogP contribution in [0.1, 0.15) is 49.8 Å². The molecule has 0 aromatic heterocycles. The summed E-state index contributed by atoms with van der Waals surface area (Å²) in [5, 5.41) is 3.35. The molecule has 2 amide bonds. The highest BCUT2D eigenvalue weighted by atomic mass is 35.5. The maximum atomic E-state index is 14.0. The zero-order valence-electron chi connectivity index (χ0n) is 25.5. The van der Waals surface area contributed by atoms with Crippen LogP contribution < -0.4 is 14.4 Å². The lowest BCUT2D eigenvalue weighted by Gasteiger charge is -2.33. The molecule has 0 bridgehead atoms. The molecule has 0 radical (unpaired) electrons. The Morgan fingerprint density at radius 2 is 1.70 bits per heavy atom. The van der Waals surface area contributed by atoms with E-state index >= 15 is 0 Å². The number of benzene rings is 3. The first-order chi connectivity index (χ1) is 20.4. The number of hydrogen-bond donors (Lipinski definition) is 1. The third-order valence-corrected chi connectivity index (χ3v) is 8.77. The molecule has 0 unspecified atom stereocenters. The van der Waals surface area contributed by atoms with Crippen LogP contribution >= 0.6 is 11.6 Å². The molecule has 0 aliphatic carbocycles. The van der Waals surface area contributed by atoms with E-state index in [1.807, 2.05) is 75.4 Å². The number of aryl methyl sites for hydroxylation is 1. The Labute approximate surface area is 261 Å². The van der Waals surface area contributed by atoms with Crippen LogP contribution in [-0.4, -0.2) is 57.1 Å². The summed E-state index contributed by atoms with van der Waals surface area (Å²) in [7, 11) is -2.18. The van der Waals surface area contributed by atoms with Crippen LogP contribution in [-0.2, 0) is 32.6 Å². The second-order valence-corrected chi connectivity index (χ2v) is 13.1. The molecule has 232 valence electrons. The number of ether oxygens (including phenoxy) is 1. The van der Waals surface area contributed by atoms with Gasteiger partial charge in [0.15, 0.2) is 0 Å². The van der Waals surface area contributed by atoms with Crippen molar-refractivity contribution in [3.05, 3.63) is 94.5 Å². The monoisotopic (exact) mass is 627 g/mol. The van der Waals surface area contributed by atoms with Crippen molar-refractivity contribution in [3.8, 4) is 5.75 Å². The number of carbonyl (C=O) groups is 2. The first-order valence-corrected chi connectivity index (χ1v) is 16.7. The first-order valence-electron chi connectivity index (χ1n) is 14.4. The second-order valence-electron chi connectivity index (χ2n) is 10.8. The van der Waals surface area contributed by atoms with Gasteiger partial charge in [-0.1, -0.05) is 78.7 Å². The van der Waals surface area contributed by atoms with Gasteiger partial charge in [-0.25, -0.2) is 8.42 Å². The summed E-state index contributed by atoms with van der Waals surface area (Å²) in [4.78, 5) is 29.3. The predicted octanol–water partition coefficient (Wildman–Crippen LogP) is 5.76. The Kier molecular flexibility index (Phi) is 12.5. The molecule has 3 rings (SSSR count). The molecule has 0 aliphatic rings. The Bertz CT molecular complexity index is 1480. The van der Waals surface area contributed by atoms with E-state index in [1.54, 1.807) is 17.0 Å². The fourth-order valence-electron chi connectivity index (χ4n) is 4.82. The minimum Gasteiger partial charge on any atom is -0.495 e. The molecule has 0 saturated heterocycles. The number of amides is 2. The van der Waals surface area contributed by atoms with E-state index in [1.165, 1.54) is 17.5 Å². The van der Waals surface area contributed by atoms with Gasteiger partial charge in [0.2, 0.25) is 21.8 Å². The molecule has 0 spiro atoms. The summed E-state index contributed by atoms with van der Waals surface area (Å²) in [6, 6.07) is 21.4. The number of sulfonamides is 1. The fraction of sp³-hybridized carbons (Fsp3) is 0.394. The zero-order valence-corrected chi connectivity index (χ0v) is 27.1. The molecule has 3 aromatic rings. The maximum absolute atomic E-state index is 14.0. The molecular formula is C33H42ClN3O5S. The van der Waals surface area contributed by atoms with Crippen molar-refractivity contribution >= 4 is 39.1 Å². The molecule has 3 aromatic carbocycles. The van der Waals surface area contributed by atoms with Crippen LogP contribution in [0.3, 0.4) is 0 Å². The van der Waals surface area contributed by atoms with Crippen molar-refractivity contribution in [2.45, 2.75) is 65.1 Å². The standard InChI is InChI=1S/C33H42ClN3O5S/c1-6-25(3)35-33(39)30(21-26-13-8-7-9-14-26)36(23-27-15-10-12-24(2)20-27)32(38)16-11-19-37(43(5,40)41)28-17-18-31(42-4)29(34)22-28/h7-10,12-15,17-18,20,22,25,30H,6,11,16,19,21,23H2,1-5H3,(H,35,39)/t25-,30-/m0/s1. The summed E-state index contributed by atoms with van der Waals surface area (Å²) in [6.07, 6.45) is 2.51. The lowest BCUT2D eigenvalue weighted by atomic mass is 10.0. The van der Waals surface area contributed by atoms with Crippen LogP contribution in [0.25, 0.3) is 0 Å². The van der Waals surface area contributed by atoms with E-state index in [0.717, 1.165) is 29.4 Å². The molecule has 2 atom stereocenters. The first kappa shape index (κ1) is 33.9. The van der Waals surface area contributed by atoms with Crippen molar-refractivity contribution in [1.82, 2.24) is 10.2 Å². The minimum atomic E-state index is -3.67. The molecule has 10 heteroatoms. The topological polar surface area (TPSA) is 96.0 Å². The van der Waals surface area contributed by atoms with E-state index in [-0.39, 0.29) is 48.8 Å². The third kappa shape index (κ3) is 10.0. The van der Waals surface area contributed by atoms with Crippen LogP contribution in [0.15, 0.2) is 72.8 Å². The summed E-state index contributed by atoms with van der Waals surface area (Å²) in [6.45, 7) is 6.23. The molecule has 8 nitrogen and oxygen atoms in total. The lowest BCUT2D eigenvalue weighted by Crippen LogP contribution is -2.52. The van der Waals surface area contributed by atoms with E-state index in [4.69, 9.17) is 16.3 Å². The Morgan fingerprint density at radius 3 is 2.30 bits per heavy atom. The highest BCUT2D eigenvalue weighted by molar-refractivity contribution is 7.92. The van der Waals surface area contributed by atoms with Gasteiger partial charge in [-0.2, -0.15) is 0 Å². The lowest BCUT2D eigenvalue weighted by molar-refractivity contribution is -0.141. The predicted molar refractivity (Wildman–Crippen MR) is 173 cm³/mol. The number of rotatable bonds is 15. The average molecular weight is 628 g/mol. The fourth-order valence-corrected chi connectivity index (χ4v) is 6.03. The van der Waals surface area contributed by atoms with Gasteiger partial charge in [-0.15, -0.1) is 0 Å². The van der Waals surface area contributed by atoms with E-state index < -0.39 is 16.1 Å². The van der Waals surface area contributed by atoms with Crippen molar-refractivity contribution < 1.29 is 22.7 Å². The molecule has 0 saturated carbocycles. The normalized spacial score (nSPS) is 12.7. The Morgan fingerprint density at radius 1 is 1.00 bits per heavy atom. The Balaban J connectivity index is 1.90. The largest absolute Gasteiger partial charge is 0.495 e. The van der Waals surface area contributed by atoms with Crippen LogP contribution in [0.5, 0.6) is 5.75 Å². The number of nitrogens with one attached hydrogen (secondary N) is 1. The highest BCUT2D eigenvalue weighted by Crippen LogP contribution is 2.30. The highest BCUT2D eigenvalue weighted by Gasteiger charge is 2.31. The van der Waals surface area contributed by atoms with Gasteiger partial charge in [-0.3, -0.25) is 13.9 Å². The Hall–Kier alpha value is -3.56. The van der Waals surface area contributed by atoms with Crippen LogP contribution in [0.4, 0.5) is 5.69 Å². The minimum absolute atomic E-state index is 0.0453. The second kappa shape index (κ2) is 15.8. The number of nitrogens with zero attached hydrogens (tertiary/aromatic N) is 2. The van der Waals surface area contributed by atoms with Gasteiger partial charge >= 0.3 is 0 Å². The van der Waals surface area contributed by atoms with Crippen LogP contribution in [0, 0.1) is 6.92 Å². The maximum Gasteiger partial charge on any atom is 0.243 e. The molecule has 1 N–H and O–H groups in total. The summed E-state index contributed by atoms with van der Waals surface area (Å²) in [5.74, 6) is -0.0197. The van der Waals surface area contributed by atoms with Crippen molar-refractivity contribution in [2.75, 3.05) is 24.2 Å². The summed E-state index contributed by atoms with van der Waals surface area (Å²) in [5.41, 5.74) is 3.28. The van der Waals surface area contributed by atoms with Gasteiger partial charge in [0.1, 0.15) is 11.8 Å². The number of carbonyl (C=O) groups excluding carboxylic acids is 2. The van der Waals surface area contributed by atoms with E-state index in [0.29, 0.717) is 17.9 Å².